The molecule has 1 aliphatic heterocycles. The van der Waals surface area contributed by atoms with Crippen molar-refractivity contribution in [3.05, 3.63) is 71.4 Å². The van der Waals surface area contributed by atoms with Crippen molar-refractivity contribution in [3.63, 3.8) is 0 Å². The molecule has 0 N–H and O–H groups in total. The zero-order valence-electron chi connectivity index (χ0n) is 15.6. The largest absolute Gasteiger partial charge is 0.247 e. The van der Waals surface area contributed by atoms with Crippen LogP contribution in [-0.2, 0) is 22.8 Å². The fraction of sp³-hybridized carbons (Fsp3) is 0.333. The quantitative estimate of drug-likeness (QED) is 0.716. The third kappa shape index (κ3) is 2.55. The molecule has 0 saturated heterocycles. The van der Waals surface area contributed by atoms with E-state index in [1.54, 1.807) is 0 Å². The highest BCUT2D eigenvalue weighted by Crippen LogP contribution is 2.49. The smallest absolute Gasteiger partial charge is 0.113 e. The fourth-order valence-electron chi connectivity index (χ4n) is 3.94. The first kappa shape index (κ1) is 16.9. The summed E-state index contributed by atoms with van der Waals surface area (Å²) in [7, 11) is 0. The number of fused-ring (bicyclic) bond motifs is 1. The summed E-state index contributed by atoms with van der Waals surface area (Å²) in [6.07, 6.45) is 1.96. The minimum atomic E-state index is -0.561. The van der Waals surface area contributed by atoms with Crippen molar-refractivity contribution in [1.29, 1.82) is 0 Å². The maximum Gasteiger partial charge on any atom is 0.113 e. The summed E-state index contributed by atoms with van der Waals surface area (Å²) in [5.74, 6) is 0. The van der Waals surface area contributed by atoms with Gasteiger partial charge in [0.1, 0.15) is 5.69 Å². The van der Waals surface area contributed by atoms with Gasteiger partial charge in [-0.15, -0.1) is 15.4 Å². The Kier molecular flexibility index (Phi) is 3.75. The van der Waals surface area contributed by atoms with Gasteiger partial charge in [0.15, 0.2) is 0 Å². The highest BCUT2D eigenvalue weighted by molar-refractivity contribution is 5.62. The molecule has 0 fully saturated rings. The normalized spacial score (nSPS) is 18.0. The number of hydrogen-bond acceptors (Lipinski definition) is 3. The van der Waals surface area contributed by atoms with Gasteiger partial charge in [-0.3, -0.25) is 0 Å². The predicted molar refractivity (Wildman–Crippen MR) is 99.6 cm³/mol. The van der Waals surface area contributed by atoms with Crippen LogP contribution in [0.25, 0.3) is 11.3 Å². The van der Waals surface area contributed by atoms with Gasteiger partial charge in [-0.1, -0.05) is 47.7 Å². The van der Waals surface area contributed by atoms with E-state index < -0.39 is 11.1 Å². The van der Waals surface area contributed by atoms with Crippen LogP contribution in [0, 0.1) is 0 Å². The van der Waals surface area contributed by atoms with Crippen molar-refractivity contribution in [2.24, 2.45) is 0 Å². The molecule has 2 aromatic carbocycles. The van der Waals surface area contributed by atoms with Crippen molar-refractivity contribution >= 4 is 0 Å². The highest BCUT2D eigenvalue weighted by atomic mass is 16.5. The van der Waals surface area contributed by atoms with Crippen molar-refractivity contribution in [1.82, 2.24) is 20.1 Å². The van der Waals surface area contributed by atoms with E-state index >= 15 is 0 Å². The van der Waals surface area contributed by atoms with E-state index in [1.165, 1.54) is 10.6 Å². The Morgan fingerprint density at radius 3 is 2.35 bits per heavy atom. The van der Waals surface area contributed by atoms with E-state index in [2.05, 4.69) is 34.6 Å². The molecule has 0 spiro atoms. The van der Waals surface area contributed by atoms with E-state index in [0.717, 1.165) is 22.4 Å². The summed E-state index contributed by atoms with van der Waals surface area (Å²) in [5, 5.41) is 22.5. The van der Waals surface area contributed by atoms with Crippen LogP contribution in [0.15, 0.2) is 54.7 Å². The van der Waals surface area contributed by atoms with Gasteiger partial charge in [0, 0.05) is 5.56 Å². The molecule has 3 aromatic rings. The first-order valence-corrected chi connectivity index (χ1v) is 8.87. The fourth-order valence-corrected chi connectivity index (χ4v) is 3.94. The number of hydroxylamine groups is 2. The van der Waals surface area contributed by atoms with Crippen LogP contribution < -0.4 is 0 Å². The third-order valence-corrected chi connectivity index (χ3v) is 5.38. The summed E-state index contributed by atoms with van der Waals surface area (Å²) >= 11 is 0. The average Bonchev–Trinajstić information content (AvgIpc) is 3.14. The Bertz CT molecular complexity index is 944. The first-order chi connectivity index (χ1) is 12.3. The average molecular weight is 347 g/mol. The zero-order valence-corrected chi connectivity index (χ0v) is 15.6. The lowest BCUT2D eigenvalue weighted by atomic mass is 9.89. The van der Waals surface area contributed by atoms with Gasteiger partial charge >= 0.3 is 0 Å². The molecule has 0 amide bonds. The molecule has 1 aromatic heterocycles. The molecular weight excluding hydrogens is 324 g/mol. The lowest BCUT2D eigenvalue weighted by Crippen LogP contribution is -2.41. The number of aromatic nitrogens is 3. The van der Waals surface area contributed by atoms with E-state index in [0.29, 0.717) is 6.54 Å². The molecule has 0 bridgehead atoms. The molecule has 5 heteroatoms. The van der Waals surface area contributed by atoms with Gasteiger partial charge in [-0.25, -0.2) is 4.68 Å². The minimum Gasteiger partial charge on any atom is -0.247 e. The Hall–Kier alpha value is -2.50. The Morgan fingerprint density at radius 2 is 1.62 bits per heavy atom. The summed E-state index contributed by atoms with van der Waals surface area (Å²) in [6, 6.07) is 16.4. The van der Waals surface area contributed by atoms with Crippen LogP contribution in [0.2, 0.25) is 0 Å². The number of rotatable bonds is 3. The van der Waals surface area contributed by atoms with Gasteiger partial charge in [0.05, 0.1) is 23.8 Å². The topological polar surface area (TPSA) is 53.9 Å². The lowest BCUT2D eigenvalue weighted by molar-refractivity contribution is -0.266. The second-order valence-electron chi connectivity index (χ2n) is 7.96. The van der Waals surface area contributed by atoms with E-state index in [4.69, 9.17) is 0 Å². The van der Waals surface area contributed by atoms with Gasteiger partial charge in [-0.2, -0.15) is 0 Å². The molecule has 4 rings (SSSR count). The van der Waals surface area contributed by atoms with Crippen LogP contribution in [0.1, 0.15) is 44.4 Å². The first-order valence-electron chi connectivity index (χ1n) is 8.87. The van der Waals surface area contributed by atoms with Gasteiger partial charge in [0.25, 0.3) is 0 Å². The molecule has 5 nitrogen and oxygen atoms in total. The molecule has 1 radical (unpaired) electrons. The number of benzene rings is 2. The molecule has 0 unspecified atom stereocenters. The number of nitrogens with zero attached hydrogens (tertiary/aromatic N) is 4. The number of hydrogen-bond donors (Lipinski definition) is 0. The third-order valence-electron chi connectivity index (χ3n) is 5.38. The maximum atomic E-state index is 12.7. The summed E-state index contributed by atoms with van der Waals surface area (Å²) in [6.45, 7) is 8.59. The summed E-state index contributed by atoms with van der Waals surface area (Å²) < 4.78 is 1.84. The van der Waals surface area contributed by atoms with Gasteiger partial charge in [0.2, 0.25) is 0 Å². The van der Waals surface area contributed by atoms with E-state index in [9.17, 15) is 5.21 Å². The Balaban J connectivity index is 1.68. The standard InChI is InChI=1S/C21H23N4O/c1-20(2)17-11-10-16(12-18(17)21(3,4)25(20)26)19-14-24(23-22-19)13-15-8-6-5-7-9-15/h5-12,14H,13H2,1-4H3. The predicted octanol–water partition coefficient (Wildman–Crippen LogP) is 4.12. The molecule has 133 valence electrons. The monoisotopic (exact) mass is 347 g/mol. The second-order valence-corrected chi connectivity index (χ2v) is 7.96. The van der Waals surface area contributed by atoms with Crippen LogP contribution in [0.4, 0.5) is 0 Å². The summed E-state index contributed by atoms with van der Waals surface area (Å²) in [4.78, 5) is 0. The van der Waals surface area contributed by atoms with E-state index in [1.807, 2.05) is 62.8 Å². The minimum absolute atomic E-state index is 0.526. The molecule has 2 heterocycles. The SMILES string of the molecule is CC1(C)c2ccc(-c3cn(Cc4ccccc4)nn3)cc2C(C)(C)N1[O]. The Labute approximate surface area is 153 Å². The van der Waals surface area contributed by atoms with Gasteiger partial charge in [-0.05, 0) is 50.5 Å². The molecule has 26 heavy (non-hydrogen) atoms. The maximum absolute atomic E-state index is 12.7. The molecular formula is C21H23N4O. The van der Waals surface area contributed by atoms with Crippen LogP contribution >= 0.6 is 0 Å². The van der Waals surface area contributed by atoms with Crippen LogP contribution in [0.3, 0.4) is 0 Å². The van der Waals surface area contributed by atoms with E-state index in [-0.39, 0.29) is 0 Å². The van der Waals surface area contributed by atoms with Crippen molar-refractivity contribution in [2.45, 2.75) is 45.3 Å². The molecule has 0 atom stereocenters. The highest BCUT2D eigenvalue weighted by Gasteiger charge is 2.50. The van der Waals surface area contributed by atoms with Crippen LogP contribution in [0.5, 0.6) is 0 Å². The van der Waals surface area contributed by atoms with Gasteiger partial charge < -0.3 is 0 Å². The molecule has 0 saturated carbocycles. The Morgan fingerprint density at radius 1 is 0.923 bits per heavy atom. The second kappa shape index (κ2) is 5.76. The zero-order chi connectivity index (χ0) is 18.5. The lowest BCUT2D eigenvalue weighted by Gasteiger charge is -2.32. The molecule has 0 aliphatic carbocycles. The van der Waals surface area contributed by atoms with Crippen molar-refractivity contribution in [3.8, 4) is 11.3 Å². The van der Waals surface area contributed by atoms with Crippen LogP contribution in [-0.4, -0.2) is 20.1 Å². The molecule has 1 aliphatic rings. The van der Waals surface area contributed by atoms with Crippen molar-refractivity contribution in [2.75, 3.05) is 0 Å². The summed E-state index contributed by atoms with van der Waals surface area (Å²) in [5.41, 5.74) is 4.05. The van der Waals surface area contributed by atoms with Crippen molar-refractivity contribution < 1.29 is 5.21 Å².